The molecular formula is C9H15N3O. The monoisotopic (exact) mass is 181 g/mol. The Morgan fingerprint density at radius 2 is 2.62 bits per heavy atom. The minimum absolute atomic E-state index is 0.319. The lowest BCUT2D eigenvalue weighted by Gasteiger charge is -2.13. The molecule has 0 aliphatic carbocycles. The molecule has 13 heavy (non-hydrogen) atoms. The van der Waals surface area contributed by atoms with Crippen LogP contribution in [0.5, 0.6) is 0 Å². The summed E-state index contributed by atoms with van der Waals surface area (Å²) in [6.45, 7) is 3.34. The standard InChI is InChI=1S/C9H15N3O/c13-7-8-2-4-12(5-8)6-9-1-3-10-11-9/h1,3,8,13H,2,4-7H2,(H,10,11)/t8-/m1/s1. The van der Waals surface area contributed by atoms with Crippen molar-refractivity contribution < 1.29 is 5.11 Å². The number of nitrogens with zero attached hydrogens (tertiary/aromatic N) is 2. The van der Waals surface area contributed by atoms with E-state index in [4.69, 9.17) is 5.11 Å². The third-order valence-corrected chi connectivity index (χ3v) is 2.58. The molecule has 0 spiro atoms. The Balaban J connectivity index is 1.84. The van der Waals surface area contributed by atoms with Gasteiger partial charge in [-0.3, -0.25) is 10.00 Å². The zero-order chi connectivity index (χ0) is 9.10. The summed E-state index contributed by atoms with van der Waals surface area (Å²) < 4.78 is 0. The van der Waals surface area contributed by atoms with Crippen molar-refractivity contribution in [2.45, 2.75) is 13.0 Å². The number of rotatable bonds is 3. The molecule has 2 heterocycles. The number of aromatic nitrogens is 2. The molecule has 1 aliphatic rings. The van der Waals surface area contributed by atoms with Crippen LogP contribution in [0.25, 0.3) is 0 Å². The first kappa shape index (κ1) is 8.72. The number of hydrogen-bond acceptors (Lipinski definition) is 3. The Morgan fingerprint density at radius 3 is 3.23 bits per heavy atom. The summed E-state index contributed by atoms with van der Waals surface area (Å²) in [5, 5.41) is 15.8. The van der Waals surface area contributed by atoms with Gasteiger partial charge in [-0.1, -0.05) is 0 Å². The molecule has 72 valence electrons. The van der Waals surface area contributed by atoms with Gasteiger partial charge in [0.05, 0.1) is 0 Å². The summed E-state index contributed by atoms with van der Waals surface area (Å²) >= 11 is 0. The van der Waals surface area contributed by atoms with E-state index in [9.17, 15) is 0 Å². The molecule has 0 aromatic carbocycles. The van der Waals surface area contributed by atoms with Crippen molar-refractivity contribution in [2.75, 3.05) is 19.7 Å². The highest BCUT2D eigenvalue weighted by molar-refractivity contribution is 4.97. The molecule has 2 rings (SSSR count). The second-order valence-electron chi connectivity index (χ2n) is 3.65. The summed E-state index contributed by atoms with van der Waals surface area (Å²) in [6, 6.07) is 1.99. The van der Waals surface area contributed by atoms with Gasteiger partial charge in [0.1, 0.15) is 0 Å². The molecule has 1 aromatic heterocycles. The van der Waals surface area contributed by atoms with Crippen LogP contribution in [0.4, 0.5) is 0 Å². The van der Waals surface area contributed by atoms with Gasteiger partial charge < -0.3 is 5.11 Å². The third-order valence-electron chi connectivity index (χ3n) is 2.58. The Kier molecular flexibility index (Phi) is 2.61. The number of likely N-dealkylation sites (tertiary alicyclic amines) is 1. The maximum Gasteiger partial charge on any atom is 0.0492 e. The van der Waals surface area contributed by atoms with Gasteiger partial charge in [-0.2, -0.15) is 5.10 Å². The van der Waals surface area contributed by atoms with Crippen molar-refractivity contribution in [3.63, 3.8) is 0 Å². The van der Waals surface area contributed by atoms with Crippen molar-refractivity contribution in [2.24, 2.45) is 5.92 Å². The van der Waals surface area contributed by atoms with Crippen molar-refractivity contribution in [1.29, 1.82) is 0 Å². The first-order chi connectivity index (χ1) is 6.38. The van der Waals surface area contributed by atoms with Gasteiger partial charge in [0.15, 0.2) is 0 Å². The Morgan fingerprint density at radius 1 is 1.69 bits per heavy atom. The lowest BCUT2D eigenvalue weighted by Crippen LogP contribution is -2.21. The highest BCUT2D eigenvalue weighted by Crippen LogP contribution is 2.16. The van der Waals surface area contributed by atoms with E-state index >= 15 is 0 Å². The molecular weight excluding hydrogens is 166 g/mol. The van der Waals surface area contributed by atoms with Crippen molar-refractivity contribution in [3.05, 3.63) is 18.0 Å². The Bertz CT molecular complexity index is 247. The van der Waals surface area contributed by atoms with E-state index in [0.29, 0.717) is 12.5 Å². The molecule has 2 N–H and O–H groups in total. The SMILES string of the molecule is OC[C@@H]1CCN(Cc2ccn[nH]2)C1. The fourth-order valence-electron chi connectivity index (χ4n) is 1.82. The van der Waals surface area contributed by atoms with Gasteiger partial charge in [-0.05, 0) is 24.9 Å². The van der Waals surface area contributed by atoms with E-state index < -0.39 is 0 Å². The number of aliphatic hydroxyl groups excluding tert-OH is 1. The summed E-state index contributed by atoms with van der Waals surface area (Å²) in [5.74, 6) is 0.475. The topological polar surface area (TPSA) is 52.1 Å². The van der Waals surface area contributed by atoms with Crippen LogP contribution in [-0.4, -0.2) is 39.9 Å². The smallest absolute Gasteiger partial charge is 0.0492 e. The largest absolute Gasteiger partial charge is 0.396 e. The van der Waals surface area contributed by atoms with Crippen LogP contribution in [0, 0.1) is 5.92 Å². The second-order valence-corrected chi connectivity index (χ2v) is 3.65. The quantitative estimate of drug-likeness (QED) is 0.701. The zero-order valence-corrected chi connectivity index (χ0v) is 7.61. The van der Waals surface area contributed by atoms with E-state index in [2.05, 4.69) is 15.1 Å². The van der Waals surface area contributed by atoms with E-state index in [1.807, 2.05) is 6.07 Å². The van der Waals surface area contributed by atoms with Crippen LogP contribution >= 0.6 is 0 Å². The van der Waals surface area contributed by atoms with E-state index in [-0.39, 0.29) is 0 Å². The second kappa shape index (κ2) is 3.89. The molecule has 1 saturated heterocycles. The number of aromatic amines is 1. The third kappa shape index (κ3) is 2.08. The summed E-state index contributed by atoms with van der Waals surface area (Å²) in [5.41, 5.74) is 1.15. The lowest BCUT2D eigenvalue weighted by molar-refractivity contribution is 0.219. The average Bonchev–Trinajstić information content (AvgIpc) is 2.76. The van der Waals surface area contributed by atoms with Crippen molar-refractivity contribution in [3.8, 4) is 0 Å². The van der Waals surface area contributed by atoms with Crippen molar-refractivity contribution >= 4 is 0 Å². The van der Waals surface area contributed by atoms with Crippen LogP contribution in [0.2, 0.25) is 0 Å². The summed E-state index contributed by atoms with van der Waals surface area (Å²) in [7, 11) is 0. The predicted molar refractivity (Wildman–Crippen MR) is 49.1 cm³/mol. The molecule has 0 radical (unpaired) electrons. The van der Waals surface area contributed by atoms with Gasteiger partial charge in [-0.15, -0.1) is 0 Å². The van der Waals surface area contributed by atoms with E-state index in [0.717, 1.165) is 31.7 Å². The molecule has 1 atom stereocenters. The predicted octanol–water partition coefficient (Wildman–Crippen LogP) is 0.224. The highest BCUT2D eigenvalue weighted by Gasteiger charge is 2.21. The van der Waals surface area contributed by atoms with Gasteiger partial charge in [0.25, 0.3) is 0 Å². The van der Waals surface area contributed by atoms with E-state index in [1.54, 1.807) is 6.20 Å². The van der Waals surface area contributed by atoms with Gasteiger partial charge >= 0.3 is 0 Å². The van der Waals surface area contributed by atoms with Crippen LogP contribution in [0.1, 0.15) is 12.1 Å². The fourth-order valence-corrected chi connectivity index (χ4v) is 1.82. The van der Waals surface area contributed by atoms with E-state index in [1.165, 1.54) is 0 Å². The normalized spacial score (nSPS) is 23.9. The Hall–Kier alpha value is -0.870. The highest BCUT2D eigenvalue weighted by atomic mass is 16.3. The molecule has 0 saturated carbocycles. The van der Waals surface area contributed by atoms with Gasteiger partial charge in [0.2, 0.25) is 0 Å². The molecule has 4 heteroatoms. The van der Waals surface area contributed by atoms with Crippen molar-refractivity contribution in [1.82, 2.24) is 15.1 Å². The summed E-state index contributed by atoms with van der Waals surface area (Å²) in [4.78, 5) is 2.34. The summed E-state index contributed by atoms with van der Waals surface area (Å²) in [6.07, 6.45) is 2.89. The Labute approximate surface area is 77.6 Å². The lowest BCUT2D eigenvalue weighted by atomic mass is 10.1. The zero-order valence-electron chi connectivity index (χ0n) is 7.61. The average molecular weight is 181 g/mol. The van der Waals surface area contributed by atoms with Gasteiger partial charge in [-0.25, -0.2) is 0 Å². The minimum atomic E-state index is 0.319. The molecule has 4 nitrogen and oxygen atoms in total. The number of hydrogen-bond donors (Lipinski definition) is 2. The number of aliphatic hydroxyl groups is 1. The van der Waals surface area contributed by atoms with Crippen LogP contribution in [0.3, 0.4) is 0 Å². The molecule has 1 aromatic rings. The maximum absolute atomic E-state index is 8.96. The molecule has 0 unspecified atom stereocenters. The van der Waals surface area contributed by atoms with Crippen LogP contribution in [-0.2, 0) is 6.54 Å². The maximum atomic E-state index is 8.96. The first-order valence-electron chi connectivity index (χ1n) is 4.70. The fraction of sp³-hybridized carbons (Fsp3) is 0.667. The minimum Gasteiger partial charge on any atom is -0.396 e. The number of H-pyrrole nitrogens is 1. The number of nitrogens with one attached hydrogen (secondary N) is 1. The molecule has 1 aliphatic heterocycles. The molecule has 0 amide bonds. The van der Waals surface area contributed by atoms with Crippen LogP contribution in [0.15, 0.2) is 12.3 Å². The van der Waals surface area contributed by atoms with Gasteiger partial charge in [0, 0.05) is 31.6 Å². The van der Waals surface area contributed by atoms with Crippen LogP contribution < -0.4 is 0 Å². The first-order valence-corrected chi connectivity index (χ1v) is 4.70. The molecule has 1 fully saturated rings. The molecule has 0 bridgehead atoms.